The van der Waals surface area contributed by atoms with Crippen LogP contribution < -0.4 is 5.32 Å². The monoisotopic (exact) mass is 324 g/mol. The van der Waals surface area contributed by atoms with E-state index in [0.717, 1.165) is 19.0 Å². The number of hydrogen-bond acceptors (Lipinski definition) is 3. The molecule has 5 heteroatoms. The minimum absolute atomic E-state index is 0. The molecule has 1 N–H and O–H groups in total. The lowest BCUT2D eigenvalue weighted by atomic mass is 10.1. The zero-order valence-electron chi connectivity index (χ0n) is 9.41. The van der Waals surface area contributed by atoms with Gasteiger partial charge in [0.2, 0.25) is 0 Å². The van der Waals surface area contributed by atoms with E-state index in [1.54, 1.807) is 0 Å². The molecule has 0 aliphatic carbocycles. The first-order valence-electron chi connectivity index (χ1n) is 5.38. The molecule has 1 aliphatic rings. The topological polar surface area (TPSA) is 15.3 Å². The molecular weight excluding hydrogens is 308 g/mol. The van der Waals surface area contributed by atoms with Gasteiger partial charge in [0.1, 0.15) is 0 Å². The number of nitrogens with zero attached hydrogens (tertiary/aromatic N) is 1. The summed E-state index contributed by atoms with van der Waals surface area (Å²) in [7, 11) is 2.04. The normalized spacial score (nSPS) is 21.0. The minimum atomic E-state index is 0. The van der Waals surface area contributed by atoms with Crippen LogP contribution in [0.3, 0.4) is 0 Å². The van der Waals surface area contributed by atoms with Crippen LogP contribution in [-0.2, 0) is 6.54 Å². The molecule has 1 fully saturated rings. The Labute approximate surface area is 116 Å². The van der Waals surface area contributed by atoms with Crippen molar-refractivity contribution in [2.24, 2.45) is 5.92 Å². The van der Waals surface area contributed by atoms with E-state index >= 15 is 0 Å². The van der Waals surface area contributed by atoms with Crippen LogP contribution in [0.1, 0.15) is 11.3 Å². The second-order valence-corrected chi connectivity index (χ2v) is 6.09. The third kappa shape index (κ3) is 4.00. The Bertz CT molecular complexity index is 319. The maximum Gasteiger partial charge on any atom is 0.0328 e. The first-order chi connectivity index (χ1) is 7.28. The minimum Gasteiger partial charge on any atom is -0.319 e. The van der Waals surface area contributed by atoms with E-state index in [-0.39, 0.29) is 12.4 Å². The predicted octanol–water partition coefficient (Wildman–Crippen LogP) is 2.97. The van der Waals surface area contributed by atoms with Gasteiger partial charge in [0.15, 0.2) is 0 Å². The smallest absolute Gasteiger partial charge is 0.0328 e. The van der Waals surface area contributed by atoms with Crippen molar-refractivity contribution in [1.29, 1.82) is 0 Å². The molecule has 92 valence electrons. The van der Waals surface area contributed by atoms with Gasteiger partial charge in [-0.3, -0.25) is 4.90 Å². The Balaban J connectivity index is 0.00000128. The summed E-state index contributed by atoms with van der Waals surface area (Å²) in [6, 6.07) is 2.23. The first kappa shape index (κ1) is 14.5. The quantitative estimate of drug-likeness (QED) is 0.915. The molecule has 0 saturated carbocycles. The van der Waals surface area contributed by atoms with E-state index in [4.69, 9.17) is 0 Å². The van der Waals surface area contributed by atoms with Crippen molar-refractivity contribution in [1.82, 2.24) is 10.2 Å². The van der Waals surface area contributed by atoms with Crippen molar-refractivity contribution in [3.63, 3.8) is 0 Å². The summed E-state index contributed by atoms with van der Waals surface area (Å²) in [5, 5.41) is 5.43. The summed E-state index contributed by atoms with van der Waals surface area (Å²) in [6.07, 6.45) is 1.34. The Kier molecular flexibility index (Phi) is 6.29. The van der Waals surface area contributed by atoms with Crippen LogP contribution in [0, 0.1) is 5.92 Å². The van der Waals surface area contributed by atoms with E-state index in [1.807, 2.05) is 18.4 Å². The molecule has 0 amide bonds. The molecule has 1 aromatic heterocycles. The van der Waals surface area contributed by atoms with Crippen LogP contribution in [0.15, 0.2) is 15.9 Å². The summed E-state index contributed by atoms with van der Waals surface area (Å²) in [4.78, 5) is 4.02. The summed E-state index contributed by atoms with van der Waals surface area (Å²) < 4.78 is 1.22. The number of thiophene rings is 1. The Morgan fingerprint density at radius 1 is 1.62 bits per heavy atom. The van der Waals surface area contributed by atoms with Gasteiger partial charge in [-0.2, -0.15) is 0 Å². The van der Waals surface area contributed by atoms with Crippen LogP contribution in [0.25, 0.3) is 0 Å². The van der Waals surface area contributed by atoms with E-state index < -0.39 is 0 Å². The Morgan fingerprint density at radius 3 is 3.06 bits per heavy atom. The first-order valence-corrected chi connectivity index (χ1v) is 7.05. The molecule has 0 spiro atoms. The van der Waals surface area contributed by atoms with Crippen LogP contribution >= 0.6 is 39.7 Å². The molecule has 2 rings (SSSR count). The fraction of sp³-hybridized carbons (Fsp3) is 0.636. The average molecular weight is 326 g/mol. The molecule has 16 heavy (non-hydrogen) atoms. The number of halogens is 2. The highest BCUT2D eigenvalue weighted by Crippen LogP contribution is 2.24. The third-order valence-corrected chi connectivity index (χ3v) is 4.55. The molecule has 0 radical (unpaired) electrons. The summed E-state index contributed by atoms with van der Waals surface area (Å²) in [5.74, 6) is 0.846. The maximum absolute atomic E-state index is 3.50. The van der Waals surface area contributed by atoms with Gasteiger partial charge in [-0.05, 0) is 54.5 Å². The molecule has 0 aromatic carbocycles. The van der Waals surface area contributed by atoms with E-state index in [1.165, 1.54) is 28.9 Å². The number of hydrogen-bond donors (Lipinski definition) is 1. The van der Waals surface area contributed by atoms with Gasteiger partial charge < -0.3 is 5.32 Å². The molecule has 1 atom stereocenters. The van der Waals surface area contributed by atoms with Gasteiger partial charge in [-0.25, -0.2) is 0 Å². The second-order valence-electron chi connectivity index (χ2n) is 4.18. The van der Waals surface area contributed by atoms with Crippen LogP contribution in [0.5, 0.6) is 0 Å². The van der Waals surface area contributed by atoms with Crippen LogP contribution in [-0.4, -0.2) is 31.6 Å². The number of nitrogens with one attached hydrogen (secondary N) is 1. The van der Waals surface area contributed by atoms with Gasteiger partial charge in [0.25, 0.3) is 0 Å². The van der Waals surface area contributed by atoms with Gasteiger partial charge in [-0.1, -0.05) is 0 Å². The molecule has 2 heterocycles. The van der Waals surface area contributed by atoms with Crippen LogP contribution in [0.2, 0.25) is 0 Å². The fourth-order valence-electron chi connectivity index (χ4n) is 2.17. The van der Waals surface area contributed by atoms with E-state index in [2.05, 4.69) is 37.6 Å². The standard InChI is InChI=1S/C11H17BrN2S.ClH/c1-13-5-9-2-3-14(6-9)7-11-4-10(12)8-15-11;/h4,8-9,13H,2-3,5-7H2,1H3;1H. The fourth-order valence-corrected chi connectivity index (χ4v) is 3.66. The summed E-state index contributed by atoms with van der Waals surface area (Å²) in [6.45, 7) is 4.78. The summed E-state index contributed by atoms with van der Waals surface area (Å²) >= 11 is 5.35. The average Bonchev–Trinajstić information content (AvgIpc) is 2.78. The Hall–Kier alpha value is 0.390. The molecule has 1 aliphatic heterocycles. The zero-order chi connectivity index (χ0) is 10.7. The largest absolute Gasteiger partial charge is 0.319 e. The lowest BCUT2D eigenvalue weighted by Crippen LogP contribution is -2.24. The van der Waals surface area contributed by atoms with Crippen LogP contribution in [0.4, 0.5) is 0 Å². The highest BCUT2D eigenvalue weighted by Gasteiger charge is 2.21. The van der Waals surface area contributed by atoms with Gasteiger partial charge in [0.05, 0.1) is 0 Å². The van der Waals surface area contributed by atoms with Gasteiger partial charge >= 0.3 is 0 Å². The third-order valence-electron chi connectivity index (χ3n) is 2.86. The molecule has 2 nitrogen and oxygen atoms in total. The number of likely N-dealkylation sites (tertiary alicyclic amines) is 1. The lowest BCUT2D eigenvalue weighted by molar-refractivity contribution is 0.318. The highest BCUT2D eigenvalue weighted by atomic mass is 79.9. The zero-order valence-corrected chi connectivity index (χ0v) is 12.6. The van der Waals surface area contributed by atoms with Crippen molar-refractivity contribution < 1.29 is 0 Å². The number of rotatable bonds is 4. The van der Waals surface area contributed by atoms with Crippen molar-refractivity contribution in [3.05, 3.63) is 20.8 Å². The summed E-state index contributed by atoms with van der Waals surface area (Å²) in [5.41, 5.74) is 0. The van der Waals surface area contributed by atoms with E-state index in [9.17, 15) is 0 Å². The van der Waals surface area contributed by atoms with Crippen molar-refractivity contribution >= 4 is 39.7 Å². The van der Waals surface area contributed by atoms with Crippen molar-refractivity contribution in [2.75, 3.05) is 26.7 Å². The van der Waals surface area contributed by atoms with Gasteiger partial charge in [0, 0.05) is 27.8 Å². The molecule has 1 aromatic rings. The maximum atomic E-state index is 3.50. The molecule has 0 bridgehead atoms. The second kappa shape index (κ2) is 6.97. The predicted molar refractivity (Wildman–Crippen MR) is 76.6 cm³/mol. The molecule has 1 saturated heterocycles. The molecule has 1 unspecified atom stereocenters. The Morgan fingerprint density at radius 2 is 2.44 bits per heavy atom. The lowest BCUT2D eigenvalue weighted by Gasteiger charge is -2.14. The molecular formula is C11H18BrClN2S. The van der Waals surface area contributed by atoms with Crippen molar-refractivity contribution in [2.45, 2.75) is 13.0 Å². The SMILES string of the molecule is CNCC1CCN(Cc2cc(Br)cs2)C1.Cl. The van der Waals surface area contributed by atoms with E-state index in [0.29, 0.717) is 0 Å². The highest BCUT2D eigenvalue weighted by molar-refractivity contribution is 9.10. The van der Waals surface area contributed by atoms with Gasteiger partial charge in [-0.15, -0.1) is 23.7 Å². The van der Waals surface area contributed by atoms with Crippen molar-refractivity contribution in [3.8, 4) is 0 Å².